The summed E-state index contributed by atoms with van der Waals surface area (Å²) in [6.45, 7) is 7.10. The quantitative estimate of drug-likeness (QED) is 0.478. The first-order valence-corrected chi connectivity index (χ1v) is 14.0. The number of nitrogens with zero attached hydrogens (tertiary/aromatic N) is 1. The molecule has 2 N–H and O–H groups in total. The minimum Gasteiger partial charge on any atom is -0.493 e. The molecule has 2 unspecified atom stereocenters. The number of methoxy groups -OCH3 is 3. The first-order chi connectivity index (χ1) is 19.2. The molecule has 9 heteroatoms. The lowest BCUT2D eigenvalue weighted by molar-refractivity contribution is -0.131. The molecular formula is C31H41N3O6. The molecule has 0 radical (unpaired) electrons. The Labute approximate surface area is 236 Å². The largest absolute Gasteiger partial charge is 0.493 e. The second-order valence-electron chi connectivity index (χ2n) is 11.0. The summed E-state index contributed by atoms with van der Waals surface area (Å²) in [4.78, 5) is 41.2. The van der Waals surface area contributed by atoms with E-state index in [2.05, 4.69) is 24.5 Å². The van der Waals surface area contributed by atoms with Crippen molar-refractivity contribution in [2.75, 3.05) is 39.7 Å². The summed E-state index contributed by atoms with van der Waals surface area (Å²) in [6, 6.07) is 6.21. The van der Waals surface area contributed by atoms with E-state index in [-0.39, 0.29) is 23.2 Å². The van der Waals surface area contributed by atoms with Crippen LogP contribution in [0.1, 0.15) is 63.6 Å². The molecule has 2 amide bonds. The number of ether oxygens (including phenoxy) is 3. The zero-order valence-electron chi connectivity index (χ0n) is 24.4. The Balaban J connectivity index is 1.89. The lowest BCUT2D eigenvalue weighted by Crippen LogP contribution is -2.42. The molecule has 0 aromatic heterocycles. The van der Waals surface area contributed by atoms with Crippen LogP contribution in [-0.4, -0.2) is 57.2 Å². The van der Waals surface area contributed by atoms with E-state index in [4.69, 9.17) is 14.2 Å². The molecule has 1 heterocycles. The molecule has 40 heavy (non-hydrogen) atoms. The number of anilines is 1. The van der Waals surface area contributed by atoms with Crippen LogP contribution in [-0.2, 0) is 16.0 Å². The van der Waals surface area contributed by atoms with E-state index in [0.717, 1.165) is 42.6 Å². The summed E-state index contributed by atoms with van der Waals surface area (Å²) >= 11 is 0. The molecule has 216 valence electrons. The Morgan fingerprint density at radius 2 is 1.73 bits per heavy atom. The lowest BCUT2D eigenvalue weighted by Gasteiger charge is -2.25. The van der Waals surface area contributed by atoms with Crippen molar-refractivity contribution >= 4 is 17.5 Å². The maximum Gasteiger partial charge on any atom is 0.245 e. The lowest BCUT2D eigenvalue weighted by atomic mass is 9.95. The Morgan fingerprint density at radius 1 is 1.02 bits per heavy atom. The highest BCUT2D eigenvalue weighted by atomic mass is 16.5. The summed E-state index contributed by atoms with van der Waals surface area (Å²) in [5, 5.41) is 6.32. The van der Waals surface area contributed by atoms with Crippen LogP contribution < -0.4 is 30.3 Å². The van der Waals surface area contributed by atoms with E-state index in [9.17, 15) is 14.4 Å². The number of amides is 2. The van der Waals surface area contributed by atoms with E-state index in [0.29, 0.717) is 47.8 Å². The third-order valence-corrected chi connectivity index (χ3v) is 7.67. The van der Waals surface area contributed by atoms with Gasteiger partial charge in [0, 0.05) is 25.6 Å². The summed E-state index contributed by atoms with van der Waals surface area (Å²) in [5.41, 5.74) is 3.27. The first-order valence-electron chi connectivity index (χ1n) is 14.0. The van der Waals surface area contributed by atoms with Crippen LogP contribution in [0.4, 0.5) is 5.69 Å². The number of carbonyl (C=O) groups is 2. The molecule has 1 fully saturated rings. The number of likely N-dealkylation sites (tertiary alicyclic amines) is 1. The van der Waals surface area contributed by atoms with Crippen LogP contribution in [0, 0.1) is 5.92 Å². The van der Waals surface area contributed by atoms with Crippen molar-refractivity contribution < 1.29 is 23.8 Å². The van der Waals surface area contributed by atoms with Gasteiger partial charge in [0.2, 0.25) is 23.0 Å². The van der Waals surface area contributed by atoms with E-state index < -0.39 is 12.1 Å². The summed E-state index contributed by atoms with van der Waals surface area (Å²) in [7, 11) is 4.70. The maximum atomic E-state index is 13.7. The van der Waals surface area contributed by atoms with Crippen LogP contribution >= 0.6 is 0 Å². The number of fused-ring (bicyclic) bond motifs is 3. The molecule has 1 aliphatic heterocycles. The SMILES string of the molecule is COc1cc2c(c(OC)c1OC)-c1ccc(NC(CC(C)C)C(=O)N3CCCC3)c(=O)cc1C(NC(C)=O)CC2. The van der Waals surface area contributed by atoms with Crippen molar-refractivity contribution in [3.8, 4) is 28.4 Å². The van der Waals surface area contributed by atoms with Crippen LogP contribution in [0.5, 0.6) is 17.2 Å². The minimum absolute atomic E-state index is 0.0265. The Bertz CT molecular complexity index is 1320. The molecule has 0 bridgehead atoms. The first kappa shape index (κ1) is 29.2. The molecule has 1 aliphatic carbocycles. The van der Waals surface area contributed by atoms with Gasteiger partial charge in [0.05, 0.1) is 33.1 Å². The van der Waals surface area contributed by atoms with Gasteiger partial charge >= 0.3 is 0 Å². The summed E-state index contributed by atoms with van der Waals surface area (Å²) in [6.07, 6.45) is 3.80. The monoisotopic (exact) mass is 551 g/mol. The van der Waals surface area contributed by atoms with Gasteiger partial charge in [-0.2, -0.15) is 0 Å². The van der Waals surface area contributed by atoms with Gasteiger partial charge < -0.3 is 29.7 Å². The molecule has 0 saturated carbocycles. The summed E-state index contributed by atoms with van der Waals surface area (Å²) in [5.74, 6) is 1.59. The van der Waals surface area contributed by atoms with Gasteiger partial charge in [-0.3, -0.25) is 14.4 Å². The van der Waals surface area contributed by atoms with Gasteiger partial charge in [-0.25, -0.2) is 0 Å². The molecule has 0 spiro atoms. The van der Waals surface area contributed by atoms with Gasteiger partial charge in [-0.05, 0) is 72.9 Å². The Hall–Kier alpha value is -3.75. The molecular weight excluding hydrogens is 510 g/mol. The van der Waals surface area contributed by atoms with Crippen molar-refractivity contribution in [3.63, 3.8) is 0 Å². The molecule has 2 aliphatic rings. The van der Waals surface area contributed by atoms with Crippen LogP contribution in [0.2, 0.25) is 0 Å². The van der Waals surface area contributed by atoms with Gasteiger partial charge in [0.25, 0.3) is 0 Å². The van der Waals surface area contributed by atoms with Crippen LogP contribution in [0.3, 0.4) is 0 Å². The van der Waals surface area contributed by atoms with Gasteiger partial charge in [0.15, 0.2) is 11.5 Å². The summed E-state index contributed by atoms with van der Waals surface area (Å²) < 4.78 is 17.1. The highest BCUT2D eigenvalue weighted by Crippen LogP contribution is 2.50. The molecule has 2 aromatic rings. The number of nitrogens with one attached hydrogen (secondary N) is 2. The van der Waals surface area contributed by atoms with Crippen molar-refractivity contribution in [2.45, 2.75) is 65.0 Å². The highest BCUT2D eigenvalue weighted by Gasteiger charge is 2.31. The van der Waals surface area contributed by atoms with E-state index >= 15 is 0 Å². The molecule has 2 atom stereocenters. The fourth-order valence-electron chi connectivity index (χ4n) is 5.87. The third kappa shape index (κ3) is 6.03. The number of benzene rings is 1. The number of rotatable bonds is 9. The van der Waals surface area contributed by atoms with Crippen LogP contribution in [0.15, 0.2) is 29.1 Å². The van der Waals surface area contributed by atoms with Gasteiger partial charge in [0.1, 0.15) is 6.04 Å². The van der Waals surface area contributed by atoms with Crippen molar-refractivity contribution in [3.05, 3.63) is 45.6 Å². The predicted molar refractivity (Wildman–Crippen MR) is 155 cm³/mol. The average Bonchev–Trinajstić information content (AvgIpc) is 3.37. The second-order valence-corrected chi connectivity index (χ2v) is 11.0. The van der Waals surface area contributed by atoms with Gasteiger partial charge in [-0.1, -0.05) is 19.9 Å². The predicted octanol–water partition coefficient (Wildman–Crippen LogP) is 4.31. The topological polar surface area (TPSA) is 106 Å². The average molecular weight is 552 g/mol. The molecule has 9 nitrogen and oxygen atoms in total. The van der Waals surface area contributed by atoms with Crippen LogP contribution in [0.25, 0.3) is 11.1 Å². The normalized spacial score (nSPS) is 16.9. The van der Waals surface area contributed by atoms with E-state index in [1.54, 1.807) is 33.5 Å². The molecule has 1 saturated heterocycles. The minimum atomic E-state index is -0.509. The number of carbonyl (C=O) groups excluding carboxylic acids is 2. The van der Waals surface area contributed by atoms with Crippen molar-refractivity contribution in [1.29, 1.82) is 0 Å². The van der Waals surface area contributed by atoms with E-state index in [1.165, 1.54) is 6.92 Å². The van der Waals surface area contributed by atoms with Gasteiger partial charge in [-0.15, -0.1) is 0 Å². The number of hydrogen-bond donors (Lipinski definition) is 2. The molecule has 4 rings (SSSR count). The van der Waals surface area contributed by atoms with E-state index in [1.807, 2.05) is 17.0 Å². The maximum absolute atomic E-state index is 13.7. The zero-order valence-corrected chi connectivity index (χ0v) is 24.4. The Morgan fingerprint density at radius 3 is 2.33 bits per heavy atom. The fourth-order valence-corrected chi connectivity index (χ4v) is 5.87. The highest BCUT2D eigenvalue weighted by molar-refractivity contribution is 5.86. The molecule has 2 aromatic carbocycles. The zero-order chi connectivity index (χ0) is 29.0. The smallest absolute Gasteiger partial charge is 0.245 e. The third-order valence-electron chi connectivity index (χ3n) is 7.67. The number of aryl methyl sites for hydroxylation is 1. The second kappa shape index (κ2) is 12.6. The van der Waals surface area contributed by atoms with Crippen molar-refractivity contribution in [1.82, 2.24) is 10.2 Å². The standard InChI is InChI=1S/C31H41N3O6/c1-18(2)15-25(31(37)34-13-7-8-14-34)33-24-12-10-21-22(17-26(24)36)23(32-19(3)35)11-9-20-16-27(38-4)29(39-5)30(40-6)28(20)21/h10,12,16-18,23,25H,7-9,11,13-15H2,1-6H3,(H,32,35)(H,33,36). The number of hydrogen-bond acceptors (Lipinski definition) is 7. The Kier molecular flexibility index (Phi) is 9.22. The fraction of sp³-hybridized carbons (Fsp3) is 0.516. The van der Waals surface area contributed by atoms with Crippen molar-refractivity contribution in [2.24, 2.45) is 5.92 Å².